The van der Waals surface area contributed by atoms with Crippen LogP contribution < -0.4 is 15.5 Å². The molecule has 4 aromatic rings. The number of halogens is 1. The number of aromatic amines is 1. The Labute approximate surface area is 250 Å². The van der Waals surface area contributed by atoms with Gasteiger partial charge in [-0.25, -0.2) is 9.18 Å². The number of piperazine rings is 1. The number of anilines is 2. The minimum Gasteiger partial charge on any atom is -0.367 e. The number of urea groups is 1. The van der Waals surface area contributed by atoms with Crippen LogP contribution in [0.3, 0.4) is 0 Å². The fourth-order valence-electron chi connectivity index (χ4n) is 5.68. The van der Waals surface area contributed by atoms with E-state index in [9.17, 15) is 18.8 Å². The SMILES string of the molecule is CC(c1c[nH]c2ccccc12)C(NC(=O)N1CCN(c2ccc(F)cc2C=O)CC1)C(=O)Nc1cccc(CN(C)C)c1. The molecular formula is C33H37FN6O3. The normalized spacial score (nSPS) is 14.9. The maximum absolute atomic E-state index is 13.8. The van der Waals surface area contributed by atoms with Gasteiger partial charge in [0.2, 0.25) is 5.91 Å². The molecular weight excluding hydrogens is 547 g/mol. The summed E-state index contributed by atoms with van der Waals surface area (Å²) in [6.45, 7) is 4.36. The second-order valence-electron chi connectivity index (χ2n) is 11.2. The molecule has 9 nitrogen and oxygen atoms in total. The maximum atomic E-state index is 13.8. The third-order valence-corrected chi connectivity index (χ3v) is 7.89. The summed E-state index contributed by atoms with van der Waals surface area (Å²) < 4.78 is 13.6. The molecule has 1 saturated heterocycles. The molecule has 0 bridgehead atoms. The van der Waals surface area contributed by atoms with Crippen LogP contribution in [0.2, 0.25) is 0 Å². The summed E-state index contributed by atoms with van der Waals surface area (Å²) >= 11 is 0. The van der Waals surface area contributed by atoms with E-state index in [1.165, 1.54) is 12.1 Å². The van der Waals surface area contributed by atoms with Crippen LogP contribution in [0.4, 0.5) is 20.6 Å². The zero-order chi connectivity index (χ0) is 30.5. The Kier molecular flexibility index (Phi) is 9.06. The second-order valence-corrected chi connectivity index (χ2v) is 11.2. The molecule has 2 unspecified atom stereocenters. The van der Waals surface area contributed by atoms with Gasteiger partial charge in [-0.05, 0) is 61.6 Å². The van der Waals surface area contributed by atoms with E-state index in [2.05, 4.69) is 20.5 Å². The summed E-state index contributed by atoms with van der Waals surface area (Å²) in [5, 5.41) is 7.04. The quantitative estimate of drug-likeness (QED) is 0.245. The molecule has 43 heavy (non-hydrogen) atoms. The summed E-state index contributed by atoms with van der Waals surface area (Å²) in [5.74, 6) is -1.13. The number of benzene rings is 3. The van der Waals surface area contributed by atoms with Gasteiger partial charge in [0, 0.05) is 72.7 Å². The van der Waals surface area contributed by atoms with Gasteiger partial charge < -0.3 is 30.3 Å². The third-order valence-electron chi connectivity index (χ3n) is 7.89. The summed E-state index contributed by atoms with van der Waals surface area (Å²) in [6, 6.07) is 18.5. The first-order valence-corrected chi connectivity index (χ1v) is 14.4. The largest absolute Gasteiger partial charge is 0.367 e. The van der Waals surface area contributed by atoms with Crippen LogP contribution in [-0.4, -0.2) is 79.3 Å². The van der Waals surface area contributed by atoms with Gasteiger partial charge in [0.15, 0.2) is 6.29 Å². The number of rotatable bonds is 9. The molecule has 3 amide bonds. The summed E-state index contributed by atoms with van der Waals surface area (Å²) in [6.07, 6.45) is 2.54. The van der Waals surface area contributed by atoms with Crippen molar-refractivity contribution in [3.05, 3.63) is 95.4 Å². The van der Waals surface area contributed by atoms with Gasteiger partial charge in [-0.15, -0.1) is 0 Å². The van der Waals surface area contributed by atoms with Crippen molar-refractivity contribution < 1.29 is 18.8 Å². The first kappa shape index (κ1) is 29.8. The van der Waals surface area contributed by atoms with Gasteiger partial charge in [0.25, 0.3) is 0 Å². The molecule has 1 aliphatic rings. The maximum Gasteiger partial charge on any atom is 0.318 e. The molecule has 0 spiro atoms. The lowest BCUT2D eigenvalue weighted by molar-refractivity contribution is -0.118. The zero-order valence-corrected chi connectivity index (χ0v) is 24.6. The number of carbonyl (C=O) groups is 3. The average molecular weight is 585 g/mol. The molecule has 0 radical (unpaired) electrons. The standard InChI is InChI=1S/C33H37FN6O3/c1-22(28-19-35-29-10-5-4-9-27(28)29)31(32(42)36-26-8-6-7-23(17-26)20-38(2)3)37-33(43)40-15-13-39(14-16-40)30-12-11-25(34)18-24(30)21-41/h4-12,17-19,21-22,31,35H,13-16,20H2,1-3H3,(H,36,42)(H,37,43). The Morgan fingerprint density at radius 3 is 2.53 bits per heavy atom. The van der Waals surface area contributed by atoms with Crippen LogP contribution in [0, 0.1) is 5.82 Å². The molecule has 3 N–H and O–H groups in total. The molecule has 2 heterocycles. The number of carbonyl (C=O) groups excluding carboxylic acids is 3. The van der Waals surface area contributed by atoms with E-state index in [1.807, 2.05) is 80.6 Å². The number of para-hydroxylation sites is 1. The highest BCUT2D eigenvalue weighted by atomic mass is 19.1. The lowest BCUT2D eigenvalue weighted by Gasteiger charge is -2.37. The molecule has 1 fully saturated rings. The van der Waals surface area contributed by atoms with E-state index in [1.54, 1.807) is 11.0 Å². The van der Waals surface area contributed by atoms with E-state index in [-0.39, 0.29) is 23.4 Å². The van der Waals surface area contributed by atoms with Gasteiger partial charge >= 0.3 is 6.03 Å². The van der Waals surface area contributed by atoms with E-state index >= 15 is 0 Å². The molecule has 1 aromatic heterocycles. The molecule has 0 aliphatic carbocycles. The van der Waals surface area contributed by atoms with E-state index in [4.69, 9.17) is 0 Å². The van der Waals surface area contributed by atoms with Crippen molar-refractivity contribution in [1.82, 2.24) is 20.1 Å². The topological polar surface area (TPSA) is 101 Å². The number of nitrogens with zero attached hydrogens (tertiary/aromatic N) is 3. The second kappa shape index (κ2) is 13.1. The van der Waals surface area contributed by atoms with Gasteiger partial charge in [0.1, 0.15) is 11.9 Å². The van der Waals surface area contributed by atoms with Crippen LogP contribution in [0.25, 0.3) is 10.9 Å². The summed E-state index contributed by atoms with van der Waals surface area (Å²) in [7, 11) is 3.97. The molecule has 5 rings (SSSR count). The Balaban J connectivity index is 1.34. The van der Waals surface area contributed by atoms with E-state index in [0.717, 1.165) is 28.6 Å². The fraction of sp³-hybridized carbons (Fsp3) is 0.303. The van der Waals surface area contributed by atoms with Crippen molar-refractivity contribution in [1.29, 1.82) is 0 Å². The van der Waals surface area contributed by atoms with Gasteiger partial charge in [-0.3, -0.25) is 9.59 Å². The van der Waals surface area contributed by atoms with Crippen LogP contribution in [0.1, 0.15) is 34.3 Å². The predicted molar refractivity (Wildman–Crippen MR) is 167 cm³/mol. The van der Waals surface area contributed by atoms with Gasteiger partial charge in [-0.1, -0.05) is 37.3 Å². The lowest BCUT2D eigenvalue weighted by atomic mass is 9.92. The van der Waals surface area contributed by atoms with E-state index in [0.29, 0.717) is 43.8 Å². The number of nitrogens with one attached hydrogen (secondary N) is 3. The minimum atomic E-state index is -0.860. The average Bonchev–Trinajstić information content (AvgIpc) is 3.43. The molecule has 0 saturated carbocycles. The smallest absolute Gasteiger partial charge is 0.318 e. The van der Waals surface area contributed by atoms with Crippen LogP contribution in [-0.2, 0) is 11.3 Å². The number of H-pyrrole nitrogens is 1. The van der Waals surface area contributed by atoms with Crippen LogP contribution >= 0.6 is 0 Å². The van der Waals surface area contributed by atoms with Crippen LogP contribution in [0.15, 0.2) is 72.9 Å². The Hall–Kier alpha value is -4.70. The van der Waals surface area contributed by atoms with Crippen molar-refractivity contribution in [3.63, 3.8) is 0 Å². The number of fused-ring (bicyclic) bond motifs is 1. The van der Waals surface area contributed by atoms with Crippen molar-refractivity contribution in [2.24, 2.45) is 0 Å². The van der Waals surface area contributed by atoms with Crippen molar-refractivity contribution in [2.45, 2.75) is 25.4 Å². The molecule has 2 atom stereocenters. The Morgan fingerprint density at radius 2 is 1.79 bits per heavy atom. The number of aldehydes is 1. The predicted octanol–water partition coefficient (Wildman–Crippen LogP) is 4.82. The zero-order valence-electron chi connectivity index (χ0n) is 24.6. The van der Waals surface area contributed by atoms with Crippen molar-refractivity contribution in [3.8, 4) is 0 Å². The minimum absolute atomic E-state index is 0.275. The van der Waals surface area contributed by atoms with Crippen LogP contribution in [0.5, 0.6) is 0 Å². The number of hydrogen-bond donors (Lipinski definition) is 3. The Morgan fingerprint density at radius 1 is 1.02 bits per heavy atom. The summed E-state index contributed by atoms with van der Waals surface area (Å²) in [5.41, 5.74) is 4.52. The number of hydrogen-bond acceptors (Lipinski definition) is 5. The highest BCUT2D eigenvalue weighted by Gasteiger charge is 2.32. The molecule has 3 aromatic carbocycles. The lowest BCUT2D eigenvalue weighted by Crippen LogP contribution is -2.56. The van der Waals surface area contributed by atoms with Gasteiger partial charge in [-0.2, -0.15) is 0 Å². The molecule has 10 heteroatoms. The fourth-order valence-corrected chi connectivity index (χ4v) is 5.68. The molecule has 224 valence electrons. The van der Waals surface area contributed by atoms with Crippen molar-refractivity contribution in [2.75, 3.05) is 50.5 Å². The Bertz CT molecular complexity index is 1610. The van der Waals surface area contributed by atoms with E-state index < -0.39 is 11.9 Å². The van der Waals surface area contributed by atoms with Gasteiger partial charge in [0.05, 0.1) is 0 Å². The highest BCUT2D eigenvalue weighted by Crippen LogP contribution is 2.29. The van der Waals surface area contributed by atoms with Crippen molar-refractivity contribution >= 4 is 40.5 Å². The molecule has 1 aliphatic heterocycles. The number of aromatic nitrogens is 1. The first-order valence-electron chi connectivity index (χ1n) is 14.4. The summed E-state index contributed by atoms with van der Waals surface area (Å²) in [4.78, 5) is 47.9. The third kappa shape index (κ3) is 6.86. The number of amides is 3. The highest BCUT2D eigenvalue weighted by molar-refractivity contribution is 5.98. The first-order chi connectivity index (χ1) is 20.7. The monoisotopic (exact) mass is 584 g/mol.